The molecule has 5 heteroatoms. The van der Waals surface area contributed by atoms with Crippen LogP contribution in [0.1, 0.15) is 69.8 Å². The monoisotopic (exact) mass is 431 g/mol. The third-order valence-corrected chi connectivity index (χ3v) is 4.91. The van der Waals surface area contributed by atoms with Crippen LogP contribution in [0, 0.1) is 0 Å². The highest BCUT2D eigenvalue weighted by atomic mass is 35.5. The molecule has 0 fully saturated rings. The smallest absolute Gasteiger partial charge is 0.251 e. The first kappa shape index (κ1) is 25.7. The SMILES string of the molecule is CC(=O)C(C)(C)Oc1ccc(CCNC(=O)c2ccc(Cl)cc2)cc1.CCCCC. The fourth-order valence-corrected chi connectivity index (χ4v) is 2.59. The van der Waals surface area contributed by atoms with Gasteiger partial charge in [0.05, 0.1) is 0 Å². The van der Waals surface area contributed by atoms with Crippen LogP contribution < -0.4 is 10.1 Å². The maximum absolute atomic E-state index is 12.0. The van der Waals surface area contributed by atoms with E-state index in [2.05, 4.69) is 19.2 Å². The molecule has 0 heterocycles. The van der Waals surface area contributed by atoms with Gasteiger partial charge in [0.15, 0.2) is 11.4 Å². The van der Waals surface area contributed by atoms with E-state index < -0.39 is 5.60 Å². The Labute approximate surface area is 186 Å². The van der Waals surface area contributed by atoms with Crippen LogP contribution in [0.25, 0.3) is 0 Å². The second kappa shape index (κ2) is 13.1. The predicted octanol–water partition coefficient (Wildman–Crippen LogP) is 6.26. The van der Waals surface area contributed by atoms with E-state index in [4.69, 9.17) is 16.3 Å². The predicted molar refractivity (Wildman–Crippen MR) is 125 cm³/mol. The number of hydrogen-bond donors (Lipinski definition) is 1. The molecule has 0 bridgehead atoms. The molecule has 0 saturated heterocycles. The van der Waals surface area contributed by atoms with Crippen molar-refractivity contribution in [3.05, 3.63) is 64.7 Å². The number of carbonyl (C=O) groups excluding carboxylic acids is 2. The molecule has 0 aliphatic rings. The van der Waals surface area contributed by atoms with E-state index in [1.165, 1.54) is 26.2 Å². The van der Waals surface area contributed by atoms with E-state index in [-0.39, 0.29) is 11.7 Å². The number of amides is 1. The van der Waals surface area contributed by atoms with Crippen molar-refractivity contribution in [2.75, 3.05) is 6.54 Å². The summed E-state index contributed by atoms with van der Waals surface area (Å²) in [5.74, 6) is 0.496. The summed E-state index contributed by atoms with van der Waals surface area (Å²) in [6, 6.07) is 14.3. The van der Waals surface area contributed by atoms with E-state index in [0.29, 0.717) is 29.3 Å². The highest BCUT2D eigenvalue weighted by Gasteiger charge is 2.25. The lowest BCUT2D eigenvalue weighted by Gasteiger charge is -2.23. The third-order valence-electron chi connectivity index (χ3n) is 4.66. The summed E-state index contributed by atoms with van der Waals surface area (Å²) >= 11 is 5.81. The van der Waals surface area contributed by atoms with Crippen molar-refractivity contribution >= 4 is 23.3 Å². The lowest BCUT2D eigenvalue weighted by atomic mass is 10.1. The molecule has 2 aromatic rings. The summed E-state index contributed by atoms with van der Waals surface area (Å²) in [5, 5.41) is 3.48. The molecule has 0 aliphatic carbocycles. The average molecular weight is 432 g/mol. The quantitative estimate of drug-likeness (QED) is 0.510. The topological polar surface area (TPSA) is 55.4 Å². The molecule has 1 amide bonds. The normalized spacial score (nSPS) is 10.6. The molecule has 0 unspecified atom stereocenters. The summed E-state index contributed by atoms with van der Waals surface area (Å²) in [7, 11) is 0. The zero-order valence-corrected chi connectivity index (χ0v) is 19.5. The minimum Gasteiger partial charge on any atom is -0.480 e. The number of ketones is 1. The molecule has 2 rings (SSSR count). The molecular formula is C25H34ClNO3. The highest BCUT2D eigenvalue weighted by molar-refractivity contribution is 6.30. The van der Waals surface area contributed by atoms with Crippen LogP contribution in [0.3, 0.4) is 0 Å². The van der Waals surface area contributed by atoms with Crippen LogP contribution in [0.5, 0.6) is 5.75 Å². The van der Waals surface area contributed by atoms with Gasteiger partial charge in [0.2, 0.25) is 0 Å². The second-order valence-corrected chi connectivity index (χ2v) is 8.12. The van der Waals surface area contributed by atoms with Crippen molar-refractivity contribution in [1.82, 2.24) is 5.32 Å². The molecule has 0 radical (unpaired) electrons. The molecule has 0 atom stereocenters. The van der Waals surface area contributed by atoms with Gasteiger partial charge in [-0.3, -0.25) is 9.59 Å². The van der Waals surface area contributed by atoms with Gasteiger partial charge in [0.1, 0.15) is 5.75 Å². The van der Waals surface area contributed by atoms with Crippen LogP contribution in [-0.2, 0) is 11.2 Å². The standard InChI is InChI=1S/C20H22ClNO3.C5H12/c1-14(23)20(2,3)25-18-10-4-15(5-11-18)12-13-22-19(24)16-6-8-17(21)9-7-16;1-3-5-4-2/h4-11H,12-13H2,1-3H3,(H,22,24);3-5H2,1-2H3. The van der Waals surface area contributed by atoms with Crippen LogP contribution >= 0.6 is 11.6 Å². The first-order chi connectivity index (χ1) is 14.2. The van der Waals surface area contributed by atoms with Crippen molar-refractivity contribution in [3.63, 3.8) is 0 Å². The fraction of sp³-hybridized carbons (Fsp3) is 0.440. The van der Waals surface area contributed by atoms with Gasteiger partial charge >= 0.3 is 0 Å². The van der Waals surface area contributed by atoms with Gasteiger partial charge in [-0.1, -0.05) is 56.8 Å². The Balaban J connectivity index is 0.000000804. The number of unbranched alkanes of at least 4 members (excludes halogenated alkanes) is 2. The van der Waals surface area contributed by atoms with Gasteiger partial charge in [-0.15, -0.1) is 0 Å². The second-order valence-electron chi connectivity index (χ2n) is 7.68. The van der Waals surface area contributed by atoms with Gasteiger partial charge in [-0.2, -0.15) is 0 Å². The number of carbonyl (C=O) groups is 2. The minimum atomic E-state index is -0.839. The summed E-state index contributed by atoms with van der Waals surface area (Å²) < 4.78 is 5.70. The largest absolute Gasteiger partial charge is 0.480 e. The summed E-state index contributed by atoms with van der Waals surface area (Å²) in [5.41, 5.74) is 0.817. The zero-order chi connectivity index (χ0) is 22.6. The molecule has 0 saturated carbocycles. The summed E-state index contributed by atoms with van der Waals surface area (Å²) in [6.07, 6.45) is 4.78. The van der Waals surface area contributed by atoms with Crippen LogP contribution in [0.4, 0.5) is 0 Å². The average Bonchev–Trinajstić information content (AvgIpc) is 2.70. The van der Waals surface area contributed by atoms with Gasteiger partial charge in [0, 0.05) is 17.1 Å². The Kier molecular flexibility index (Phi) is 11.2. The van der Waals surface area contributed by atoms with Gasteiger partial charge in [0.25, 0.3) is 5.91 Å². The highest BCUT2D eigenvalue weighted by Crippen LogP contribution is 2.20. The van der Waals surface area contributed by atoms with Gasteiger partial charge in [-0.05, 0) is 69.2 Å². The minimum absolute atomic E-state index is 0.0264. The third kappa shape index (κ3) is 9.45. The van der Waals surface area contributed by atoms with Crippen LogP contribution in [0.15, 0.2) is 48.5 Å². The number of benzene rings is 2. The molecule has 0 aromatic heterocycles. The van der Waals surface area contributed by atoms with Crippen LogP contribution in [0.2, 0.25) is 5.02 Å². The zero-order valence-electron chi connectivity index (χ0n) is 18.8. The molecule has 164 valence electrons. The first-order valence-corrected chi connectivity index (χ1v) is 10.9. The lowest BCUT2D eigenvalue weighted by molar-refractivity contribution is -0.129. The van der Waals surface area contributed by atoms with E-state index in [9.17, 15) is 9.59 Å². The molecule has 30 heavy (non-hydrogen) atoms. The molecular weight excluding hydrogens is 398 g/mol. The number of hydrogen-bond acceptors (Lipinski definition) is 3. The van der Waals surface area contributed by atoms with Crippen molar-refractivity contribution in [3.8, 4) is 5.75 Å². The first-order valence-electron chi connectivity index (χ1n) is 10.5. The number of ether oxygens (including phenoxy) is 1. The Bertz CT molecular complexity index is 781. The van der Waals surface area contributed by atoms with Gasteiger partial charge in [-0.25, -0.2) is 0 Å². The molecule has 4 nitrogen and oxygen atoms in total. The van der Waals surface area contributed by atoms with E-state index >= 15 is 0 Å². The summed E-state index contributed by atoms with van der Waals surface area (Å²) in [4.78, 5) is 23.5. The van der Waals surface area contributed by atoms with E-state index in [1.54, 1.807) is 38.1 Å². The van der Waals surface area contributed by atoms with Crippen LogP contribution in [-0.4, -0.2) is 23.8 Å². The Morgan fingerprint density at radius 1 is 0.967 bits per heavy atom. The van der Waals surface area contributed by atoms with E-state index in [0.717, 1.165) is 5.56 Å². The molecule has 2 aromatic carbocycles. The molecule has 0 aliphatic heterocycles. The Morgan fingerprint density at radius 3 is 2.00 bits per heavy atom. The lowest BCUT2D eigenvalue weighted by Crippen LogP contribution is -2.36. The maximum Gasteiger partial charge on any atom is 0.251 e. The maximum atomic E-state index is 12.0. The van der Waals surface area contributed by atoms with Crippen molar-refractivity contribution in [2.45, 2.75) is 65.9 Å². The number of rotatable bonds is 9. The number of halogens is 1. The number of nitrogens with one attached hydrogen (secondary N) is 1. The van der Waals surface area contributed by atoms with Gasteiger partial charge < -0.3 is 10.1 Å². The van der Waals surface area contributed by atoms with Crippen molar-refractivity contribution in [2.24, 2.45) is 0 Å². The fourth-order valence-electron chi connectivity index (χ4n) is 2.47. The van der Waals surface area contributed by atoms with Crippen molar-refractivity contribution in [1.29, 1.82) is 0 Å². The Hall–Kier alpha value is -2.33. The molecule has 0 spiro atoms. The number of Topliss-reactive ketones (excluding diaryl/α,β-unsaturated/α-hetero) is 1. The molecule has 1 N–H and O–H groups in total. The van der Waals surface area contributed by atoms with E-state index in [1.807, 2.05) is 24.3 Å². The van der Waals surface area contributed by atoms with Crippen molar-refractivity contribution < 1.29 is 14.3 Å². The Morgan fingerprint density at radius 2 is 1.53 bits per heavy atom. The summed E-state index contributed by atoms with van der Waals surface area (Å²) in [6.45, 7) is 9.95.